The number of aryl methyl sites for hydroxylation is 1. The molecular weight excluding hydrogens is 230 g/mol. The molecular formula is C13H17N3O2. The highest BCUT2D eigenvalue weighted by atomic mass is 16.2. The maximum Gasteiger partial charge on any atom is 0.324 e. The molecule has 1 heterocycles. The van der Waals surface area contributed by atoms with Crippen LogP contribution in [0.5, 0.6) is 0 Å². The van der Waals surface area contributed by atoms with Gasteiger partial charge in [0.2, 0.25) is 0 Å². The summed E-state index contributed by atoms with van der Waals surface area (Å²) in [6.45, 7) is 4.74. The van der Waals surface area contributed by atoms with Gasteiger partial charge in [-0.1, -0.05) is 17.7 Å². The van der Waals surface area contributed by atoms with Gasteiger partial charge in [0.15, 0.2) is 0 Å². The summed E-state index contributed by atoms with van der Waals surface area (Å²) in [5, 5.41) is 5.71. The van der Waals surface area contributed by atoms with E-state index in [2.05, 4.69) is 10.6 Å². The summed E-state index contributed by atoms with van der Waals surface area (Å²) in [5.74, 6) is -0.203. The van der Waals surface area contributed by atoms with Crippen LogP contribution in [0.25, 0.3) is 0 Å². The molecule has 1 aromatic carbocycles. The zero-order chi connectivity index (χ0) is 13.1. The van der Waals surface area contributed by atoms with Crippen molar-refractivity contribution in [3.05, 3.63) is 29.8 Å². The molecule has 0 spiro atoms. The Bertz CT molecular complexity index is 456. The van der Waals surface area contributed by atoms with E-state index in [1.54, 1.807) is 6.92 Å². The lowest BCUT2D eigenvalue weighted by Crippen LogP contribution is -2.43. The van der Waals surface area contributed by atoms with Crippen LogP contribution < -0.4 is 10.6 Å². The van der Waals surface area contributed by atoms with Crippen molar-refractivity contribution in [1.82, 2.24) is 10.2 Å². The van der Waals surface area contributed by atoms with Crippen molar-refractivity contribution >= 4 is 17.6 Å². The largest absolute Gasteiger partial charge is 0.374 e. The molecule has 1 saturated heterocycles. The van der Waals surface area contributed by atoms with Gasteiger partial charge in [0.05, 0.1) is 0 Å². The molecule has 0 bridgehead atoms. The molecule has 5 heteroatoms. The quantitative estimate of drug-likeness (QED) is 0.847. The molecule has 96 valence electrons. The molecule has 1 aromatic rings. The minimum atomic E-state index is -0.420. The van der Waals surface area contributed by atoms with Crippen LogP contribution in [-0.2, 0) is 4.79 Å². The third-order valence-corrected chi connectivity index (χ3v) is 2.93. The minimum Gasteiger partial charge on any atom is -0.374 e. The van der Waals surface area contributed by atoms with Crippen molar-refractivity contribution in [1.29, 1.82) is 0 Å². The third kappa shape index (κ3) is 2.61. The Morgan fingerprint density at radius 2 is 2.06 bits per heavy atom. The molecule has 1 atom stereocenters. The highest BCUT2D eigenvalue weighted by Gasteiger charge is 2.29. The second-order valence-electron chi connectivity index (χ2n) is 4.45. The van der Waals surface area contributed by atoms with Crippen molar-refractivity contribution in [3.8, 4) is 0 Å². The first-order valence-corrected chi connectivity index (χ1v) is 6.00. The molecule has 18 heavy (non-hydrogen) atoms. The van der Waals surface area contributed by atoms with Gasteiger partial charge in [0, 0.05) is 18.8 Å². The predicted molar refractivity (Wildman–Crippen MR) is 69.4 cm³/mol. The van der Waals surface area contributed by atoms with Crippen molar-refractivity contribution < 1.29 is 9.59 Å². The van der Waals surface area contributed by atoms with E-state index in [1.807, 2.05) is 31.2 Å². The number of hydrogen-bond acceptors (Lipinski definition) is 3. The smallest absolute Gasteiger partial charge is 0.324 e. The van der Waals surface area contributed by atoms with E-state index in [0.29, 0.717) is 13.1 Å². The lowest BCUT2D eigenvalue weighted by molar-refractivity contribution is -0.128. The average Bonchev–Trinajstić information content (AvgIpc) is 2.77. The third-order valence-electron chi connectivity index (χ3n) is 2.93. The first-order chi connectivity index (χ1) is 8.58. The number of carbonyl (C=O) groups excluding carboxylic acids is 2. The molecule has 0 aromatic heterocycles. The second kappa shape index (κ2) is 5.08. The van der Waals surface area contributed by atoms with Gasteiger partial charge in [0.1, 0.15) is 6.04 Å². The Labute approximate surface area is 106 Å². The van der Waals surface area contributed by atoms with Crippen molar-refractivity contribution in [3.63, 3.8) is 0 Å². The van der Waals surface area contributed by atoms with Crippen LogP contribution >= 0.6 is 0 Å². The number of urea groups is 1. The van der Waals surface area contributed by atoms with Crippen LogP contribution in [-0.4, -0.2) is 36.0 Å². The number of imide groups is 1. The van der Waals surface area contributed by atoms with E-state index in [4.69, 9.17) is 0 Å². The lowest BCUT2D eigenvalue weighted by Gasteiger charge is -2.19. The number of nitrogens with one attached hydrogen (secondary N) is 2. The number of amides is 3. The molecule has 3 amide bonds. The van der Waals surface area contributed by atoms with Gasteiger partial charge >= 0.3 is 6.03 Å². The van der Waals surface area contributed by atoms with Gasteiger partial charge < -0.3 is 10.6 Å². The van der Waals surface area contributed by atoms with E-state index >= 15 is 0 Å². The Hall–Kier alpha value is -2.04. The first-order valence-electron chi connectivity index (χ1n) is 6.00. The molecule has 2 rings (SSSR count). The number of hydrogen-bond donors (Lipinski definition) is 2. The molecule has 0 aliphatic carbocycles. The fourth-order valence-corrected chi connectivity index (χ4v) is 1.88. The molecule has 1 aliphatic heterocycles. The zero-order valence-electron chi connectivity index (χ0n) is 10.6. The fraction of sp³-hybridized carbons (Fsp3) is 0.385. The monoisotopic (exact) mass is 247 g/mol. The second-order valence-corrected chi connectivity index (χ2v) is 4.45. The molecule has 1 fully saturated rings. The molecule has 5 nitrogen and oxygen atoms in total. The average molecular weight is 247 g/mol. The lowest BCUT2D eigenvalue weighted by atomic mass is 10.2. The van der Waals surface area contributed by atoms with Crippen LogP contribution in [0.2, 0.25) is 0 Å². The highest BCUT2D eigenvalue weighted by molar-refractivity contribution is 5.99. The van der Waals surface area contributed by atoms with Crippen LogP contribution in [0, 0.1) is 6.92 Å². The SMILES string of the molecule is Cc1ccc(NC(C)C(=O)N2CCNC2=O)cc1. The van der Waals surface area contributed by atoms with Gasteiger partial charge in [-0.3, -0.25) is 9.69 Å². The van der Waals surface area contributed by atoms with Crippen molar-refractivity contribution in [2.45, 2.75) is 19.9 Å². The van der Waals surface area contributed by atoms with E-state index in [9.17, 15) is 9.59 Å². The normalized spacial score (nSPS) is 16.3. The zero-order valence-corrected chi connectivity index (χ0v) is 10.6. The molecule has 1 aliphatic rings. The summed E-state index contributed by atoms with van der Waals surface area (Å²) in [7, 11) is 0. The van der Waals surface area contributed by atoms with Crippen molar-refractivity contribution in [2.75, 3.05) is 18.4 Å². The molecule has 0 saturated carbocycles. The first kappa shape index (κ1) is 12.4. The Morgan fingerprint density at radius 1 is 1.39 bits per heavy atom. The van der Waals surface area contributed by atoms with Crippen LogP contribution in [0.1, 0.15) is 12.5 Å². The maximum absolute atomic E-state index is 12.0. The predicted octanol–water partition coefficient (Wildman–Crippen LogP) is 1.35. The summed E-state index contributed by atoms with van der Waals surface area (Å²) in [5.41, 5.74) is 2.04. The van der Waals surface area contributed by atoms with Crippen molar-refractivity contribution in [2.24, 2.45) is 0 Å². The topological polar surface area (TPSA) is 61.4 Å². The van der Waals surface area contributed by atoms with Gasteiger partial charge in [-0.05, 0) is 26.0 Å². The maximum atomic E-state index is 12.0. The number of rotatable bonds is 3. The Morgan fingerprint density at radius 3 is 2.61 bits per heavy atom. The molecule has 0 radical (unpaired) electrons. The van der Waals surface area contributed by atoms with E-state index in [0.717, 1.165) is 5.69 Å². The number of carbonyl (C=O) groups is 2. The summed E-state index contributed by atoms with van der Waals surface area (Å²) in [4.78, 5) is 24.7. The van der Waals surface area contributed by atoms with Crippen LogP contribution in [0.15, 0.2) is 24.3 Å². The number of anilines is 1. The van der Waals surface area contributed by atoms with E-state index < -0.39 is 6.04 Å². The van der Waals surface area contributed by atoms with Crippen LogP contribution in [0.3, 0.4) is 0 Å². The number of benzene rings is 1. The fourth-order valence-electron chi connectivity index (χ4n) is 1.88. The summed E-state index contributed by atoms with van der Waals surface area (Å²) in [6, 6.07) is 7.06. The van der Waals surface area contributed by atoms with Crippen LogP contribution in [0.4, 0.5) is 10.5 Å². The molecule has 2 N–H and O–H groups in total. The summed E-state index contributed by atoms with van der Waals surface area (Å²) in [6.07, 6.45) is 0. The minimum absolute atomic E-state index is 0.203. The van der Waals surface area contributed by atoms with E-state index in [-0.39, 0.29) is 11.9 Å². The number of nitrogens with zero attached hydrogens (tertiary/aromatic N) is 1. The standard InChI is InChI=1S/C13H17N3O2/c1-9-3-5-11(6-4-9)15-10(2)12(17)16-8-7-14-13(16)18/h3-6,10,15H,7-8H2,1-2H3,(H,14,18). The van der Waals surface area contributed by atoms with E-state index in [1.165, 1.54) is 10.5 Å². The summed E-state index contributed by atoms with van der Waals surface area (Å²) < 4.78 is 0. The Kier molecular flexibility index (Phi) is 3.50. The highest BCUT2D eigenvalue weighted by Crippen LogP contribution is 2.11. The van der Waals surface area contributed by atoms with Gasteiger partial charge in [-0.25, -0.2) is 4.79 Å². The Balaban J connectivity index is 1.99. The molecule has 1 unspecified atom stereocenters. The van der Waals surface area contributed by atoms with Gasteiger partial charge in [-0.2, -0.15) is 0 Å². The summed E-state index contributed by atoms with van der Waals surface area (Å²) >= 11 is 0. The van der Waals surface area contributed by atoms with Gasteiger partial charge in [-0.15, -0.1) is 0 Å². The van der Waals surface area contributed by atoms with Gasteiger partial charge in [0.25, 0.3) is 5.91 Å².